The van der Waals surface area contributed by atoms with Gasteiger partial charge in [-0.3, -0.25) is 9.69 Å². The number of nitrogens with zero attached hydrogens (tertiary/aromatic N) is 5. The average molecular weight is 587 g/mol. The average Bonchev–Trinajstić information content (AvgIpc) is 3.71. The van der Waals surface area contributed by atoms with Crippen LogP contribution in [0.2, 0.25) is 0 Å². The van der Waals surface area contributed by atoms with Gasteiger partial charge in [-0.1, -0.05) is 73.9 Å². The van der Waals surface area contributed by atoms with Crippen LogP contribution in [0.5, 0.6) is 0 Å². The van der Waals surface area contributed by atoms with Crippen molar-refractivity contribution in [2.45, 2.75) is 81.8 Å². The fourth-order valence-corrected chi connectivity index (χ4v) is 7.96. The minimum Gasteiger partial charge on any atom is -0.480 e. The molecule has 0 bridgehead atoms. The van der Waals surface area contributed by atoms with E-state index in [1.807, 2.05) is 12.1 Å². The second-order valence-corrected chi connectivity index (χ2v) is 13.2. The lowest BCUT2D eigenvalue weighted by Crippen LogP contribution is -2.47. The number of carboxylic acid groups (broad SMARTS) is 1. The number of aromatic amines is 1. The van der Waals surface area contributed by atoms with Crippen molar-refractivity contribution in [3.63, 3.8) is 0 Å². The molecule has 3 heterocycles. The number of likely N-dealkylation sites (tertiary alicyclic amines) is 2. The number of piperidine rings is 1. The topological polar surface area (TPSA) is 118 Å². The van der Waals surface area contributed by atoms with Crippen LogP contribution in [0.4, 0.5) is 0 Å². The zero-order chi connectivity index (χ0) is 29.6. The summed E-state index contributed by atoms with van der Waals surface area (Å²) in [6.07, 6.45) is 9.86. The van der Waals surface area contributed by atoms with Crippen molar-refractivity contribution >= 4 is 5.97 Å². The predicted molar refractivity (Wildman–Crippen MR) is 165 cm³/mol. The Hall–Kier alpha value is -3.14. The Kier molecular flexibility index (Phi) is 9.50. The summed E-state index contributed by atoms with van der Waals surface area (Å²) < 4.78 is 0. The summed E-state index contributed by atoms with van der Waals surface area (Å²) in [4.78, 5) is 17.4. The number of tetrazole rings is 1. The van der Waals surface area contributed by atoms with E-state index in [1.165, 1.54) is 17.5 Å². The third kappa shape index (κ3) is 7.33. The van der Waals surface area contributed by atoms with Crippen LogP contribution in [-0.4, -0.2) is 91.0 Å². The highest BCUT2D eigenvalue weighted by Gasteiger charge is 2.43. The highest BCUT2D eigenvalue weighted by atomic mass is 16.4. The zero-order valence-corrected chi connectivity index (χ0v) is 25.2. The Morgan fingerprint density at radius 3 is 2.42 bits per heavy atom. The summed E-state index contributed by atoms with van der Waals surface area (Å²) in [5.74, 6) is 0.924. The Morgan fingerprint density at radius 1 is 1.00 bits per heavy atom. The summed E-state index contributed by atoms with van der Waals surface area (Å²) in [7, 11) is 0. The van der Waals surface area contributed by atoms with Gasteiger partial charge in [0.25, 0.3) is 0 Å². The van der Waals surface area contributed by atoms with Gasteiger partial charge in [0.15, 0.2) is 0 Å². The number of aliphatic hydroxyl groups is 1. The van der Waals surface area contributed by atoms with Crippen LogP contribution in [0.3, 0.4) is 0 Å². The van der Waals surface area contributed by atoms with E-state index in [-0.39, 0.29) is 12.0 Å². The van der Waals surface area contributed by atoms with Crippen LogP contribution >= 0.6 is 0 Å². The molecule has 0 radical (unpaired) electrons. The molecule has 1 saturated carbocycles. The summed E-state index contributed by atoms with van der Waals surface area (Å²) in [5, 5.41) is 35.9. The number of hydrogen-bond donors (Lipinski definition) is 3. The maximum Gasteiger partial charge on any atom is 0.321 e. The summed E-state index contributed by atoms with van der Waals surface area (Å²) >= 11 is 0. The van der Waals surface area contributed by atoms with Gasteiger partial charge in [0.2, 0.25) is 5.82 Å². The highest BCUT2D eigenvalue weighted by Crippen LogP contribution is 2.39. The molecule has 3 atom stereocenters. The number of nitrogens with one attached hydrogen (secondary N) is 1. The SMILES string of the molecule is O=C(O)[C@@H](C1CCCCC1)N1C[C@H](CN2CCC(O)(CCCc3ccc(-c4nn[nH]n4)cc3)CC2)[C@@H](c2ccccc2)C1. The van der Waals surface area contributed by atoms with Gasteiger partial charge in [0, 0.05) is 44.2 Å². The lowest BCUT2D eigenvalue weighted by Gasteiger charge is -2.40. The molecule has 230 valence electrons. The summed E-state index contributed by atoms with van der Waals surface area (Å²) in [5.41, 5.74) is 2.90. The van der Waals surface area contributed by atoms with Gasteiger partial charge in [-0.15, -0.1) is 10.2 Å². The zero-order valence-electron chi connectivity index (χ0n) is 25.2. The van der Waals surface area contributed by atoms with E-state index in [4.69, 9.17) is 0 Å². The van der Waals surface area contributed by atoms with Crippen molar-refractivity contribution < 1.29 is 15.0 Å². The van der Waals surface area contributed by atoms with Gasteiger partial charge in [-0.2, -0.15) is 5.21 Å². The first kappa shape index (κ1) is 29.9. The third-order valence-corrected chi connectivity index (χ3v) is 10.4. The van der Waals surface area contributed by atoms with E-state index in [9.17, 15) is 15.0 Å². The smallest absolute Gasteiger partial charge is 0.321 e. The summed E-state index contributed by atoms with van der Waals surface area (Å²) in [6.45, 7) is 4.38. The molecule has 2 aromatic carbocycles. The largest absolute Gasteiger partial charge is 0.480 e. The summed E-state index contributed by atoms with van der Waals surface area (Å²) in [6, 6.07) is 18.6. The lowest BCUT2D eigenvalue weighted by molar-refractivity contribution is -0.145. The molecule has 3 N–H and O–H groups in total. The molecule has 3 fully saturated rings. The Labute approximate surface area is 254 Å². The van der Waals surface area contributed by atoms with Crippen LogP contribution in [0.15, 0.2) is 54.6 Å². The quantitative estimate of drug-likeness (QED) is 0.294. The van der Waals surface area contributed by atoms with Crippen LogP contribution in [-0.2, 0) is 11.2 Å². The molecule has 3 aromatic rings. The van der Waals surface area contributed by atoms with Gasteiger partial charge >= 0.3 is 5.97 Å². The molecular formula is C34H46N6O3. The minimum absolute atomic E-state index is 0.259. The fourth-order valence-electron chi connectivity index (χ4n) is 7.96. The molecular weight excluding hydrogens is 540 g/mol. The number of carboxylic acids is 1. The number of H-pyrrole nitrogens is 1. The normalized spacial score (nSPS) is 24.2. The maximum atomic E-state index is 12.5. The monoisotopic (exact) mass is 586 g/mol. The van der Waals surface area contributed by atoms with E-state index in [1.54, 1.807) is 0 Å². The van der Waals surface area contributed by atoms with Crippen molar-refractivity contribution in [3.05, 3.63) is 65.7 Å². The number of rotatable bonds is 11. The van der Waals surface area contributed by atoms with E-state index in [0.717, 1.165) is 96.1 Å². The number of hydrogen-bond acceptors (Lipinski definition) is 7. The third-order valence-electron chi connectivity index (χ3n) is 10.4. The molecule has 1 aromatic heterocycles. The van der Waals surface area contributed by atoms with Gasteiger partial charge < -0.3 is 15.1 Å². The van der Waals surface area contributed by atoms with Gasteiger partial charge in [0.1, 0.15) is 6.04 Å². The molecule has 1 aliphatic carbocycles. The Morgan fingerprint density at radius 2 is 1.74 bits per heavy atom. The molecule has 0 amide bonds. The molecule has 9 nitrogen and oxygen atoms in total. The van der Waals surface area contributed by atoms with Gasteiger partial charge in [-0.25, -0.2) is 0 Å². The predicted octanol–water partition coefficient (Wildman–Crippen LogP) is 4.77. The van der Waals surface area contributed by atoms with E-state index in [0.29, 0.717) is 17.7 Å². The fraction of sp³-hybridized carbons (Fsp3) is 0.588. The Bertz CT molecular complexity index is 1290. The number of aliphatic carboxylic acids is 1. The van der Waals surface area contributed by atoms with Crippen LogP contribution < -0.4 is 0 Å². The van der Waals surface area contributed by atoms with Crippen molar-refractivity contribution in [1.82, 2.24) is 30.4 Å². The van der Waals surface area contributed by atoms with E-state index < -0.39 is 11.6 Å². The van der Waals surface area contributed by atoms with Crippen molar-refractivity contribution in [2.24, 2.45) is 11.8 Å². The molecule has 43 heavy (non-hydrogen) atoms. The van der Waals surface area contributed by atoms with Gasteiger partial charge in [-0.05, 0) is 73.1 Å². The first-order chi connectivity index (χ1) is 21.0. The molecule has 2 aliphatic heterocycles. The second kappa shape index (κ2) is 13.7. The molecule has 3 aliphatic rings. The first-order valence-corrected chi connectivity index (χ1v) is 16.3. The molecule has 6 rings (SSSR count). The van der Waals surface area contributed by atoms with Crippen LogP contribution in [0, 0.1) is 11.8 Å². The maximum absolute atomic E-state index is 12.5. The van der Waals surface area contributed by atoms with Crippen LogP contribution in [0.1, 0.15) is 74.8 Å². The highest BCUT2D eigenvalue weighted by molar-refractivity contribution is 5.74. The number of aromatic nitrogens is 4. The van der Waals surface area contributed by atoms with Gasteiger partial charge in [0.05, 0.1) is 5.60 Å². The second-order valence-electron chi connectivity index (χ2n) is 13.2. The molecule has 0 unspecified atom stereocenters. The minimum atomic E-state index is -0.648. The molecule has 2 saturated heterocycles. The van der Waals surface area contributed by atoms with Crippen molar-refractivity contribution in [1.29, 1.82) is 0 Å². The standard InChI is InChI=1S/C34H46N6O3/c41-33(42)31(27-11-5-2-6-12-27)40-23-29(30(24-40)26-9-3-1-4-10-26)22-39-20-18-34(43,19-21-39)17-7-8-25-13-15-28(16-14-25)32-35-37-38-36-32/h1,3-4,9-10,13-16,27,29-31,43H,2,5-8,11-12,17-24H2,(H,41,42)(H,35,36,37,38)/t29-,30+,31+/m0/s1. The number of aryl methyl sites for hydroxylation is 1. The van der Waals surface area contributed by atoms with E-state index in [2.05, 4.69) is 72.9 Å². The lowest BCUT2D eigenvalue weighted by atomic mass is 9.83. The van der Waals surface area contributed by atoms with Crippen molar-refractivity contribution in [2.75, 3.05) is 32.7 Å². The van der Waals surface area contributed by atoms with Crippen molar-refractivity contribution in [3.8, 4) is 11.4 Å². The first-order valence-electron chi connectivity index (χ1n) is 16.3. The number of carbonyl (C=O) groups is 1. The molecule has 9 heteroatoms. The number of benzene rings is 2. The molecule has 0 spiro atoms. The van der Waals surface area contributed by atoms with E-state index >= 15 is 0 Å². The van der Waals surface area contributed by atoms with Crippen LogP contribution in [0.25, 0.3) is 11.4 Å². The Balaban J connectivity index is 1.03.